The summed E-state index contributed by atoms with van der Waals surface area (Å²) in [7, 11) is 0. The van der Waals surface area contributed by atoms with E-state index in [1.54, 1.807) is 0 Å². The Kier molecular flexibility index (Phi) is 9.87. The summed E-state index contributed by atoms with van der Waals surface area (Å²) >= 11 is 0. The van der Waals surface area contributed by atoms with Crippen LogP contribution in [-0.2, 0) is 23.8 Å². The molecule has 1 aliphatic heterocycles. The monoisotopic (exact) mass is 330 g/mol. The van der Waals surface area contributed by atoms with Crippen molar-refractivity contribution in [1.29, 1.82) is 0 Å². The van der Waals surface area contributed by atoms with Crippen LogP contribution in [-0.4, -0.2) is 48.6 Å². The van der Waals surface area contributed by atoms with E-state index in [0.717, 1.165) is 38.5 Å². The molecule has 0 aromatic rings. The predicted molar refractivity (Wildman–Crippen MR) is 84.9 cm³/mol. The second-order valence-electron chi connectivity index (χ2n) is 5.99. The number of esters is 2. The van der Waals surface area contributed by atoms with Gasteiger partial charge in [0.2, 0.25) is 0 Å². The third kappa shape index (κ3) is 7.79. The minimum absolute atomic E-state index is 0.00885. The van der Waals surface area contributed by atoms with Gasteiger partial charge < -0.3 is 19.3 Å². The summed E-state index contributed by atoms with van der Waals surface area (Å²) in [6.45, 7) is 4.23. The van der Waals surface area contributed by atoms with Gasteiger partial charge in [0.15, 0.2) is 6.10 Å². The average Bonchev–Trinajstić information content (AvgIpc) is 2.86. The van der Waals surface area contributed by atoms with Crippen LogP contribution in [0.25, 0.3) is 0 Å². The molecule has 0 saturated carbocycles. The van der Waals surface area contributed by atoms with Crippen molar-refractivity contribution in [2.24, 2.45) is 0 Å². The Hall–Kier alpha value is -1.14. The molecule has 1 rings (SSSR count). The van der Waals surface area contributed by atoms with Gasteiger partial charge in [-0.3, -0.25) is 9.59 Å². The third-order valence-corrected chi connectivity index (χ3v) is 3.87. The minimum atomic E-state index is -0.867. The number of carbonyl (C=O) groups is 2. The van der Waals surface area contributed by atoms with Gasteiger partial charge in [0.25, 0.3) is 0 Å². The molecule has 6 nitrogen and oxygen atoms in total. The van der Waals surface area contributed by atoms with E-state index in [0.29, 0.717) is 12.8 Å². The van der Waals surface area contributed by atoms with Crippen LogP contribution in [0.2, 0.25) is 0 Å². The molecule has 1 saturated heterocycles. The lowest BCUT2D eigenvalue weighted by atomic mass is 10.1. The first-order valence-electron chi connectivity index (χ1n) is 8.73. The molecule has 1 N–H and O–H groups in total. The smallest absolute Gasteiger partial charge is 0.306 e. The topological polar surface area (TPSA) is 82.1 Å². The van der Waals surface area contributed by atoms with Crippen molar-refractivity contribution < 1.29 is 28.9 Å². The number of aliphatic hydroxyl groups is 1. The lowest BCUT2D eigenvalue weighted by Gasteiger charge is -2.20. The van der Waals surface area contributed by atoms with Gasteiger partial charge in [0.05, 0.1) is 6.61 Å². The zero-order valence-corrected chi connectivity index (χ0v) is 14.3. The molecular weight excluding hydrogens is 300 g/mol. The minimum Gasteiger partial charge on any atom is -0.463 e. The summed E-state index contributed by atoms with van der Waals surface area (Å²) < 4.78 is 15.8. The van der Waals surface area contributed by atoms with Gasteiger partial charge in [-0.2, -0.15) is 0 Å². The number of rotatable bonds is 11. The zero-order valence-electron chi connectivity index (χ0n) is 14.3. The Morgan fingerprint density at radius 1 is 1.04 bits per heavy atom. The second-order valence-corrected chi connectivity index (χ2v) is 5.99. The van der Waals surface area contributed by atoms with Crippen LogP contribution in [0.1, 0.15) is 65.2 Å². The highest BCUT2D eigenvalue weighted by Gasteiger charge is 2.39. The van der Waals surface area contributed by atoms with Gasteiger partial charge in [-0.25, -0.2) is 0 Å². The van der Waals surface area contributed by atoms with Crippen LogP contribution < -0.4 is 0 Å². The quantitative estimate of drug-likeness (QED) is 0.462. The summed E-state index contributed by atoms with van der Waals surface area (Å²) in [5.74, 6) is -0.622. The standard InChI is InChI=1S/C17H30O6/c1-3-5-7-9-15(19)22-12-14-17(13(18)11-21-14)23-16(20)10-8-6-4-2/h13-14,17-18H,3-12H2,1-2H3/t13-,14+,17+/m1/s1. The highest BCUT2D eigenvalue weighted by Crippen LogP contribution is 2.20. The van der Waals surface area contributed by atoms with E-state index in [1.807, 2.05) is 0 Å². The molecule has 0 unspecified atom stereocenters. The van der Waals surface area contributed by atoms with Crippen molar-refractivity contribution in [3.8, 4) is 0 Å². The molecule has 1 heterocycles. The molecule has 0 aliphatic carbocycles. The first-order chi connectivity index (χ1) is 11.1. The summed E-state index contributed by atoms with van der Waals surface area (Å²) in [4.78, 5) is 23.4. The highest BCUT2D eigenvalue weighted by atomic mass is 16.6. The summed E-state index contributed by atoms with van der Waals surface area (Å²) in [6.07, 6.45) is 4.11. The van der Waals surface area contributed by atoms with E-state index in [4.69, 9.17) is 14.2 Å². The molecule has 0 aromatic heterocycles. The maximum atomic E-state index is 11.8. The van der Waals surface area contributed by atoms with Crippen molar-refractivity contribution in [3.05, 3.63) is 0 Å². The van der Waals surface area contributed by atoms with Crippen LogP contribution in [0, 0.1) is 0 Å². The van der Waals surface area contributed by atoms with Crippen LogP contribution in [0.15, 0.2) is 0 Å². The van der Waals surface area contributed by atoms with Crippen LogP contribution in [0.5, 0.6) is 0 Å². The second kappa shape index (κ2) is 11.4. The van der Waals surface area contributed by atoms with Crippen LogP contribution >= 0.6 is 0 Å². The normalized spacial score (nSPS) is 23.7. The van der Waals surface area contributed by atoms with Crippen molar-refractivity contribution in [2.45, 2.75) is 83.5 Å². The molecule has 0 radical (unpaired) electrons. The lowest BCUT2D eigenvalue weighted by molar-refractivity contribution is -0.160. The highest BCUT2D eigenvalue weighted by molar-refractivity contribution is 5.70. The Morgan fingerprint density at radius 2 is 1.65 bits per heavy atom. The Morgan fingerprint density at radius 3 is 2.26 bits per heavy atom. The summed E-state index contributed by atoms with van der Waals surface area (Å²) in [5, 5.41) is 9.88. The third-order valence-electron chi connectivity index (χ3n) is 3.87. The number of hydrogen-bond acceptors (Lipinski definition) is 6. The van der Waals surface area contributed by atoms with Crippen LogP contribution in [0.4, 0.5) is 0 Å². The first-order valence-corrected chi connectivity index (χ1v) is 8.73. The zero-order chi connectivity index (χ0) is 17.1. The van der Waals surface area contributed by atoms with Crippen molar-refractivity contribution in [2.75, 3.05) is 13.2 Å². The molecular formula is C17H30O6. The molecule has 23 heavy (non-hydrogen) atoms. The van der Waals surface area contributed by atoms with Crippen molar-refractivity contribution >= 4 is 11.9 Å². The van der Waals surface area contributed by atoms with Crippen molar-refractivity contribution in [1.82, 2.24) is 0 Å². The summed E-state index contributed by atoms with van der Waals surface area (Å²) in [6, 6.07) is 0. The average molecular weight is 330 g/mol. The van der Waals surface area contributed by atoms with E-state index in [2.05, 4.69) is 13.8 Å². The number of hydrogen-bond donors (Lipinski definition) is 1. The van der Waals surface area contributed by atoms with E-state index in [9.17, 15) is 14.7 Å². The number of ether oxygens (including phenoxy) is 3. The molecule has 3 atom stereocenters. The summed E-state index contributed by atoms with van der Waals surface area (Å²) in [5.41, 5.74) is 0. The van der Waals surface area contributed by atoms with E-state index >= 15 is 0 Å². The molecule has 0 bridgehead atoms. The van der Waals surface area contributed by atoms with E-state index < -0.39 is 18.3 Å². The lowest BCUT2D eigenvalue weighted by Crippen LogP contribution is -2.38. The maximum Gasteiger partial charge on any atom is 0.306 e. The predicted octanol–water partition coefficient (Wildman–Crippen LogP) is 2.36. The SMILES string of the molecule is CCCCCC(=O)OC[C@@H]1OC[C@@H](O)[C@@H]1OC(=O)CCCCC. The van der Waals surface area contributed by atoms with Gasteiger partial charge in [0.1, 0.15) is 18.8 Å². The Balaban J connectivity index is 2.33. The van der Waals surface area contributed by atoms with E-state index in [-0.39, 0.29) is 25.2 Å². The molecule has 1 fully saturated rings. The van der Waals surface area contributed by atoms with Gasteiger partial charge in [-0.1, -0.05) is 39.5 Å². The largest absolute Gasteiger partial charge is 0.463 e. The van der Waals surface area contributed by atoms with Crippen LogP contribution in [0.3, 0.4) is 0 Å². The molecule has 0 spiro atoms. The van der Waals surface area contributed by atoms with E-state index in [1.165, 1.54) is 0 Å². The maximum absolute atomic E-state index is 11.8. The molecule has 1 aliphatic rings. The van der Waals surface area contributed by atoms with Crippen molar-refractivity contribution in [3.63, 3.8) is 0 Å². The Labute approximate surface area is 138 Å². The first kappa shape index (κ1) is 19.9. The fourth-order valence-electron chi connectivity index (χ4n) is 2.45. The van der Waals surface area contributed by atoms with Gasteiger partial charge in [-0.15, -0.1) is 0 Å². The fraction of sp³-hybridized carbons (Fsp3) is 0.882. The molecule has 0 amide bonds. The molecule has 6 heteroatoms. The number of aliphatic hydroxyl groups excluding tert-OH is 1. The fourth-order valence-corrected chi connectivity index (χ4v) is 2.45. The Bertz CT molecular complexity index is 357. The van der Waals surface area contributed by atoms with Gasteiger partial charge in [0, 0.05) is 12.8 Å². The molecule has 0 aromatic carbocycles. The number of unbranched alkanes of at least 4 members (excludes halogenated alkanes) is 4. The number of carbonyl (C=O) groups excluding carboxylic acids is 2. The van der Waals surface area contributed by atoms with Gasteiger partial charge in [-0.05, 0) is 12.8 Å². The van der Waals surface area contributed by atoms with Gasteiger partial charge >= 0.3 is 11.9 Å². The molecule has 134 valence electrons.